The van der Waals surface area contributed by atoms with Crippen molar-refractivity contribution in [3.8, 4) is 0 Å². The van der Waals surface area contributed by atoms with Crippen molar-refractivity contribution in [2.45, 2.75) is 51.1 Å². The lowest BCUT2D eigenvalue weighted by Gasteiger charge is -2.26. The van der Waals surface area contributed by atoms with Crippen LogP contribution in [0, 0.1) is 0 Å². The third kappa shape index (κ3) is 4.20. The summed E-state index contributed by atoms with van der Waals surface area (Å²) in [5.41, 5.74) is 7.51. The number of nitrogens with zero attached hydrogens (tertiary/aromatic N) is 2. The van der Waals surface area contributed by atoms with E-state index in [9.17, 15) is 0 Å². The van der Waals surface area contributed by atoms with Gasteiger partial charge in [0.1, 0.15) is 0 Å². The zero-order valence-electron chi connectivity index (χ0n) is 12.7. The maximum atomic E-state index is 6.00. The highest BCUT2D eigenvalue weighted by molar-refractivity contribution is 7.10. The zero-order chi connectivity index (χ0) is 14.5. The van der Waals surface area contributed by atoms with Crippen molar-refractivity contribution in [3.05, 3.63) is 21.9 Å². The summed E-state index contributed by atoms with van der Waals surface area (Å²) < 4.78 is 0. The van der Waals surface area contributed by atoms with Gasteiger partial charge in [-0.05, 0) is 36.3 Å². The number of nitrogens with two attached hydrogens (primary N) is 1. The molecule has 0 radical (unpaired) electrons. The predicted octanol–water partition coefficient (Wildman–Crippen LogP) is 2.34. The Hall–Kier alpha value is -1.07. The number of aliphatic imine (C=N–C) groups is 1. The molecule has 1 aromatic heterocycles. The van der Waals surface area contributed by atoms with E-state index in [0.717, 1.165) is 26.2 Å². The van der Waals surface area contributed by atoms with E-state index in [-0.39, 0.29) is 0 Å². The summed E-state index contributed by atoms with van der Waals surface area (Å²) in [6.07, 6.45) is 7.68. The van der Waals surface area contributed by atoms with Gasteiger partial charge >= 0.3 is 0 Å². The molecule has 0 amide bonds. The second-order valence-corrected chi connectivity index (χ2v) is 7.14. The minimum absolute atomic E-state index is 0.547. The molecule has 3 rings (SSSR count). The molecule has 116 valence electrons. The van der Waals surface area contributed by atoms with Crippen molar-refractivity contribution in [1.29, 1.82) is 0 Å². The molecule has 2 aliphatic rings. The minimum Gasteiger partial charge on any atom is -0.370 e. The van der Waals surface area contributed by atoms with Gasteiger partial charge in [-0.2, -0.15) is 0 Å². The summed E-state index contributed by atoms with van der Waals surface area (Å²) in [6.45, 7) is 4.02. The van der Waals surface area contributed by atoms with E-state index >= 15 is 0 Å². The molecule has 1 aliphatic carbocycles. The van der Waals surface area contributed by atoms with E-state index in [1.807, 2.05) is 11.3 Å². The van der Waals surface area contributed by atoms with Crippen LogP contribution in [0.25, 0.3) is 0 Å². The van der Waals surface area contributed by atoms with Gasteiger partial charge in [0.05, 0.1) is 6.54 Å². The molecular formula is C16H26N4S. The molecule has 21 heavy (non-hydrogen) atoms. The van der Waals surface area contributed by atoms with Gasteiger partial charge in [-0.1, -0.05) is 19.3 Å². The molecule has 1 saturated carbocycles. The average molecular weight is 306 g/mol. The van der Waals surface area contributed by atoms with E-state index in [0.29, 0.717) is 12.0 Å². The summed E-state index contributed by atoms with van der Waals surface area (Å²) in [7, 11) is 0. The number of hydrogen-bond acceptors (Lipinski definition) is 3. The Labute approximate surface area is 131 Å². The van der Waals surface area contributed by atoms with E-state index in [1.165, 1.54) is 44.1 Å². The van der Waals surface area contributed by atoms with Crippen LogP contribution >= 0.6 is 11.3 Å². The first kappa shape index (κ1) is 14.9. The van der Waals surface area contributed by atoms with Crippen LogP contribution in [0.3, 0.4) is 0 Å². The van der Waals surface area contributed by atoms with Crippen LogP contribution in [0.15, 0.2) is 16.4 Å². The number of fused-ring (bicyclic) bond motifs is 1. The Balaban J connectivity index is 1.40. The Kier molecular flexibility index (Phi) is 5.14. The Bertz CT molecular complexity index is 476. The molecule has 4 nitrogen and oxygen atoms in total. The monoisotopic (exact) mass is 306 g/mol. The Morgan fingerprint density at radius 2 is 2.24 bits per heavy atom. The van der Waals surface area contributed by atoms with E-state index in [2.05, 4.69) is 26.7 Å². The lowest BCUT2D eigenvalue weighted by molar-refractivity contribution is 0.263. The second kappa shape index (κ2) is 7.27. The van der Waals surface area contributed by atoms with Crippen LogP contribution < -0.4 is 11.1 Å². The fourth-order valence-electron chi connectivity index (χ4n) is 3.31. The van der Waals surface area contributed by atoms with Crippen molar-refractivity contribution >= 4 is 17.3 Å². The van der Waals surface area contributed by atoms with Crippen LogP contribution in [-0.2, 0) is 13.0 Å². The normalized spacial score (nSPS) is 21.2. The van der Waals surface area contributed by atoms with Crippen LogP contribution in [0.4, 0.5) is 0 Å². The molecule has 0 bridgehead atoms. The molecule has 0 aromatic carbocycles. The summed E-state index contributed by atoms with van der Waals surface area (Å²) in [5, 5.41) is 5.59. The molecule has 1 fully saturated rings. The SMILES string of the molecule is NC(=NCCN1CCc2sccc2C1)NC1CCCCC1. The molecule has 3 N–H and O–H groups in total. The molecule has 5 heteroatoms. The number of nitrogens with one attached hydrogen (secondary N) is 1. The standard InChI is InChI=1S/C16H26N4S/c17-16(19-14-4-2-1-3-5-14)18-8-10-20-9-6-15-13(12-20)7-11-21-15/h7,11,14H,1-6,8-10,12H2,(H3,17,18,19). The van der Waals surface area contributed by atoms with Gasteiger partial charge in [-0.25, -0.2) is 0 Å². The van der Waals surface area contributed by atoms with Crippen molar-refractivity contribution in [2.75, 3.05) is 19.6 Å². The lowest BCUT2D eigenvalue weighted by Crippen LogP contribution is -2.41. The molecule has 0 saturated heterocycles. The predicted molar refractivity (Wildman–Crippen MR) is 89.8 cm³/mol. The highest BCUT2D eigenvalue weighted by Gasteiger charge is 2.16. The zero-order valence-corrected chi connectivity index (χ0v) is 13.5. The van der Waals surface area contributed by atoms with Gasteiger partial charge < -0.3 is 11.1 Å². The molecule has 0 unspecified atom stereocenters. The fraction of sp³-hybridized carbons (Fsp3) is 0.688. The van der Waals surface area contributed by atoms with Gasteiger partial charge in [0.25, 0.3) is 0 Å². The number of guanidine groups is 1. The average Bonchev–Trinajstić information content (AvgIpc) is 2.96. The fourth-order valence-corrected chi connectivity index (χ4v) is 4.20. The highest BCUT2D eigenvalue weighted by atomic mass is 32.1. The number of hydrogen-bond donors (Lipinski definition) is 2. The smallest absolute Gasteiger partial charge is 0.188 e. The summed E-state index contributed by atoms with van der Waals surface area (Å²) in [6, 6.07) is 2.81. The second-order valence-electron chi connectivity index (χ2n) is 6.14. The first-order valence-electron chi connectivity index (χ1n) is 8.15. The largest absolute Gasteiger partial charge is 0.370 e. The van der Waals surface area contributed by atoms with Gasteiger partial charge in [0, 0.05) is 30.6 Å². The van der Waals surface area contributed by atoms with Gasteiger partial charge in [-0.3, -0.25) is 9.89 Å². The van der Waals surface area contributed by atoms with E-state index in [4.69, 9.17) is 5.73 Å². The quantitative estimate of drug-likeness (QED) is 0.663. The Morgan fingerprint density at radius 3 is 3.10 bits per heavy atom. The minimum atomic E-state index is 0.547. The van der Waals surface area contributed by atoms with Crippen molar-refractivity contribution in [3.63, 3.8) is 0 Å². The van der Waals surface area contributed by atoms with Crippen LogP contribution in [0.2, 0.25) is 0 Å². The maximum Gasteiger partial charge on any atom is 0.188 e. The molecule has 0 atom stereocenters. The van der Waals surface area contributed by atoms with Crippen LogP contribution in [-0.4, -0.2) is 36.5 Å². The summed E-state index contributed by atoms with van der Waals surface area (Å²) >= 11 is 1.89. The highest BCUT2D eigenvalue weighted by Crippen LogP contribution is 2.23. The van der Waals surface area contributed by atoms with Crippen LogP contribution in [0.5, 0.6) is 0 Å². The summed E-state index contributed by atoms with van der Waals surface area (Å²) in [4.78, 5) is 8.54. The van der Waals surface area contributed by atoms with Crippen LogP contribution in [0.1, 0.15) is 42.5 Å². The van der Waals surface area contributed by atoms with Crippen molar-refractivity contribution in [1.82, 2.24) is 10.2 Å². The lowest BCUT2D eigenvalue weighted by atomic mass is 9.96. The maximum absolute atomic E-state index is 6.00. The molecule has 1 aliphatic heterocycles. The van der Waals surface area contributed by atoms with Crippen molar-refractivity contribution < 1.29 is 0 Å². The van der Waals surface area contributed by atoms with Gasteiger partial charge in [0.15, 0.2) is 5.96 Å². The van der Waals surface area contributed by atoms with Gasteiger partial charge in [0.2, 0.25) is 0 Å². The number of thiophene rings is 1. The molecule has 0 spiro atoms. The third-order valence-electron chi connectivity index (χ3n) is 4.54. The van der Waals surface area contributed by atoms with E-state index in [1.54, 1.807) is 4.88 Å². The number of rotatable bonds is 4. The first-order chi connectivity index (χ1) is 10.3. The third-order valence-corrected chi connectivity index (χ3v) is 5.57. The van der Waals surface area contributed by atoms with Crippen molar-refractivity contribution in [2.24, 2.45) is 10.7 Å². The summed E-state index contributed by atoms with van der Waals surface area (Å²) in [5.74, 6) is 0.634. The first-order valence-corrected chi connectivity index (χ1v) is 9.03. The Morgan fingerprint density at radius 1 is 1.38 bits per heavy atom. The molecule has 2 heterocycles. The van der Waals surface area contributed by atoms with Gasteiger partial charge in [-0.15, -0.1) is 11.3 Å². The molecule has 1 aromatic rings. The topological polar surface area (TPSA) is 53.6 Å². The van der Waals surface area contributed by atoms with E-state index < -0.39 is 0 Å². The molecular weight excluding hydrogens is 280 g/mol.